The van der Waals surface area contributed by atoms with Crippen LogP contribution in [0.3, 0.4) is 0 Å². The fraction of sp³-hybridized carbons (Fsp3) is 0.700. The summed E-state index contributed by atoms with van der Waals surface area (Å²) >= 11 is 0. The van der Waals surface area contributed by atoms with Crippen molar-refractivity contribution in [2.45, 2.75) is 129 Å². The molecule has 0 aliphatic heterocycles. The molecule has 3 N–H and O–H groups in total. The molecule has 0 aromatic rings. The molecule has 2 atom stereocenters. The first-order valence-corrected chi connectivity index (χ1v) is 13.9. The number of hydrogen-bond donors (Lipinski definition) is 3. The molecule has 0 spiro atoms. The average Bonchev–Trinajstić information content (AvgIpc) is 2.84. The van der Waals surface area contributed by atoms with Crippen LogP contribution in [-0.4, -0.2) is 34.9 Å². The van der Waals surface area contributed by atoms with Crippen LogP contribution in [0.15, 0.2) is 48.6 Å². The lowest BCUT2D eigenvalue weighted by Crippen LogP contribution is -2.45. The number of aliphatic hydroxyl groups excluding tert-OH is 2. The molecule has 0 aliphatic rings. The Kier molecular flexibility index (Phi) is 24.7. The van der Waals surface area contributed by atoms with Gasteiger partial charge in [0.05, 0.1) is 18.8 Å². The van der Waals surface area contributed by atoms with Gasteiger partial charge in [0.2, 0.25) is 5.91 Å². The van der Waals surface area contributed by atoms with Gasteiger partial charge in [0.25, 0.3) is 0 Å². The highest BCUT2D eigenvalue weighted by atomic mass is 16.3. The first-order valence-electron chi connectivity index (χ1n) is 13.9. The van der Waals surface area contributed by atoms with Gasteiger partial charge in [-0.2, -0.15) is 0 Å². The molecule has 0 aliphatic carbocycles. The van der Waals surface area contributed by atoms with Crippen molar-refractivity contribution in [1.82, 2.24) is 5.32 Å². The Morgan fingerprint density at radius 3 is 1.85 bits per heavy atom. The van der Waals surface area contributed by atoms with E-state index in [1.807, 2.05) is 6.08 Å². The number of aliphatic hydroxyl groups is 2. The molecule has 4 heteroatoms. The van der Waals surface area contributed by atoms with Crippen LogP contribution in [0.2, 0.25) is 0 Å². The number of hydrogen-bond acceptors (Lipinski definition) is 3. The molecule has 4 nitrogen and oxygen atoms in total. The van der Waals surface area contributed by atoms with Crippen LogP contribution in [-0.2, 0) is 4.79 Å². The zero-order valence-electron chi connectivity index (χ0n) is 22.1. The maximum absolute atomic E-state index is 12.1. The molecule has 2 unspecified atom stereocenters. The summed E-state index contributed by atoms with van der Waals surface area (Å²) in [4.78, 5) is 12.1. The Bertz CT molecular complexity index is 565. The van der Waals surface area contributed by atoms with Gasteiger partial charge >= 0.3 is 0 Å². The second-order valence-corrected chi connectivity index (χ2v) is 9.11. The highest BCUT2D eigenvalue weighted by Gasteiger charge is 2.17. The fourth-order valence-electron chi connectivity index (χ4n) is 3.60. The van der Waals surface area contributed by atoms with E-state index < -0.39 is 12.1 Å². The van der Waals surface area contributed by atoms with Crippen molar-refractivity contribution in [2.24, 2.45) is 0 Å². The molecule has 0 bridgehead atoms. The maximum Gasteiger partial charge on any atom is 0.220 e. The van der Waals surface area contributed by atoms with Gasteiger partial charge in [0.15, 0.2) is 0 Å². The minimum absolute atomic E-state index is 0.0934. The number of carbonyl (C=O) groups excluding carboxylic acids is 1. The van der Waals surface area contributed by atoms with Gasteiger partial charge in [-0.25, -0.2) is 0 Å². The molecule has 0 radical (unpaired) electrons. The van der Waals surface area contributed by atoms with E-state index in [4.69, 9.17) is 0 Å². The molecule has 0 saturated heterocycles. The van der Waals surface area contributed by atoms with Crippen LogP contribution >= 0.6 is 0 Å². The van der Waals surface area contributed by atoms with Crippen molar-refractivity contribution < 1.29 is 15.0 Å². The quantitative estimate of drug-likeness (QED) is 0.107. The fourth-order valence-corrected chi connectivity index (χ4v) is 3.60. The topological polar surface area (TPSA) is 69.6 Å². The molecule has 1 amide bonds. The lowest BCUT2D eigenvalue weighted by Gasteiger charge is -2.19. The summed E-state index contributed by atoms with van der Waals surface area (Å²) < 4.78 is 0. The summed E-state index contributed by atoms with van der Waals surface area (Å²) in [6, 6.07) is -0.624. The van der Waals surface area contributed by atoms with Gasteiger partial charge in [-0.1, -0.05) is 107 Å². The monoisotopic (exact) mass is 475 g/mol. The Labute approximate surface area is 210 Å². The Morgan fingerprint density at radius 2 is 1.26 bits per heavy atom. The van der Waals surface area contributed by atoms with E-state index in [9.17, 15) is 15.0 Å². The number of unbranched alkanes of at least 4 members (excludes halogenated alkanes) is 10. The van der Waals surface area contributed by atoms with Gasteiger partial charge in [-0.15, -0.1) is 0 Å². The van der Waals surface area contributed by atoms with Crippen LogP contribution in [0.5, 0.6) is 0 Å². The summed E-state index contributed by atoms with van der Waals surface area (Å²) in [5.41, 5.74) is 0. The molecule has 0 saturated carbocycles. The average molecular weight is 476 g/mol. The second kappa shape index (κ2) is 26.0. The van der Waals surface area contributed by atoms with Gasteiger partial charge in [0, 0.05) is 6.42 Å². The van der Waals surface area contributed by atoms with Crippen molar-refractivity contribution in [2.75, 3.05) is 6.61 Å². The van der Waals surface area contributed by atoms with Crippen molar-refractivity contribution in [1.29, 1.82) is 0 Å². The number of nitrogens with one attached hydrogen (secondary N) is 1. The highest BCUT2D eigenvalue weighted by molar-refractivity contribution is 5.76. The van der Waals surface area contributed by atoms with E-state index in [-0.39, 0.29) is 12.5 Å². The van der Waals surface area contributed by atoms with Crippen LogP contribution in [0.1, 0.15) is 117 Å². The van der Waals surface area contributed by atoms with E-state index in [1.165, 1.54) is 44.9 Å². The van der Waals surface area contributed by atoms with Crippen LogP contribution in [0, 0.1) is 0 Å². The Morgan fingerprint density at radius 1 is 0.706 bits per heavy atom. The summed E-state index contributed by atoms with van der Waals surface area (Å²) in [5, 5.41) is 22.2. The minimum Gasteiger partial charge on any atom is -0.394 e. The normalized spacial score (nSPS) is 14.1. The van der Waals surface area contributed by atoms with Gasteiger partial charge in [-0.3, -0.25) is 4.79 Å². The third-order valence-electron chi connectivity index (χ3n) is 5.79. The van der Waals surface area contributed by atoms with E-state index in [0.717, 1.165) is 51.4 Å². The predicted molar refractivity (Wildman–Crippen MR) is 147 cm³/mol. The van der Waals surface area contributed by atoms with Crippen LogP contribution < -0.4 is 5.32 Å². The molecular formula is C30H53NO3. The maximum atomic E-state index is 12.1. The van der Waals surface area contributed by atoms with E-state index >= 15 is 0 Å². The molecule has 0 aromatic heterocycles. The van der Waals surface area contributed by atoms with E-state index in [1.54, 1.807) is 6.08 Å². The molecule has 0 fully saturated rings. The number of rotatable bonds is 23. The molecule has 34 heavy (non-hydrogen) atoms. The van der Waals surface area contributed by atoms with Crippen molar-refractivity contribution in [3.63, 3.8) is 0 Å². The third kappa shape index (κ3) is 22.2. The summed E-state index contributed by atoms with van der Waals surface area (Å²) in [7, 11) is 0. The number of amides is 1. The van der Waals surface area contributed by atoms with Crippen molar-refractivity contribution in [3.8, 4) is 0 Å². The van der Waals surface area contributed by atoms with Gasteiger partial charge < -0.3 is 15.5 Å². The summed E-state index contributed by atoms with van der Waals surface area (Å²) in [5.74, 6) is -0.0934. The predicted octanol–water partition coefficient (Wildman–Crippen LogP) is 7.33. The molecule has 0 aromatic carbocycles. The Balaban J connectivity index is 3.60. The van der Waals surface area contributed by atoms with E-state index in [0.29, 0.717) is 6.42 Å². The van der Waals surface area contributed by atoms with E-state index in [2.05, 4.69) is 55.6 Å². The van der Waals surface area contributed by atoms with Crippen LogP contribution in [0.4, 0.5) is 0 Å². The number of carbonyl (C=O) groups is 1. The standard InChI is InChI=1S/C30H53NO3/c1-3-5-7-8-9-10-11-12-13-14-15-16-17-18-19-20-21-22-24-26-30(34)31-28(27-32)29(33)25-23-6-4-2/h9-10,12-13,15-16,23,25,28-29,32-33H,3-8,11,14,17-22,24,26-27H2,1-2H3,(H,31,34)/b10-9-,13-12-,16-15-,25-23+. The first-order chi connectivity index (χ1) is 16.7. The summed E-state index contributed by atoms with van der Waals surface area (Å²) in [6.45, 7) is 4.05. The SMILES string of the molecule is CCC/C=C/C(O)C(CO)NC(=O)CCCCCCCC/C=C\C/C=C\C/C=C\CCCCC. The summed E-state index contributed by atoms with van der Waals surface area (Å²) in [6.07, 6.45) is 33.7. The third-order valence-corrected chi connectivity index (χ3v) is 5.79. The van der Waals surface area contributed by atoms with Gasteiger partial charge in [0.1, 0.15) is 0 Å². The van der Waals surface area contributed by atoms with Crippen molar-refractivity contribution in [3.05, 3.63) is 48.6 Å². The zero-order valence-corrected chi connectivity index (χ0v) is 22.1. The lowest BCUT2D eigenvalue weighted by atomic mass is 10.1. The minimum atomic E-state index is -0.840. The number of allylic oxidation sites excluding steroid dienone is 7. The largest absolute Gasteiger partial charge is 0.394 e. The second-order valence-electron chi connectivity index (χ2n) is 9.11. The van der Waals surface area contributed by atoms with Crippen molar-refractivity contribution >= 4 is 5.91 Å². The van der Waals surface area contributed by atoms with Crippen LogP contribution in [0.25, 0.3) is 0 Å². The first kappa shape index (κ1) is 32.4. The molecule has 0 heterocycles. The molecular weight excluding hydrogens is 422 g/mol. The molecule has 196 valence electrons. The molecule has 0 rings (SSSR count). The highest BCUT2D eigenvalue weighted by Crippen LogP contribution is 2.10. The lowest BCUT2D eigenvalue weighted by molar-refractivity contribution is -0.123. The smallest absolute Gasteiger partial charge is 0.220 e. The Hall–Kier alpha value is -1.65. The zero-order chi connectivity index (χ0) is 25.1. The van der Waals surface area contributed by atoms with Gasteiger partial charge in [-0.05, 0) is 51.4 Å².